The van der Waals surface area contributed by atoms with Gasteiger partial charge in [0.1, 0.15) is 17.3 Å². The molecule has 0 fully saturated rings. The average molecular weight is 353 g/mol. The molecule has 0 bridgehead atoms. The van der Waals surface area contributed by atoms with Crippen LogP contribution in [0.5, 0.6) is 5.75 Å². The largest absolute Gasteiger partial charge is 0.484 e. The Kier molecular flexibility index (Phi) is 4.70. The first-order chi connectivity index (χ1) is 9.77. The number of rotatable bonds is 4. The molecule has 0 saturated heterocycles. The monoisotopic (exact) mass is 352 g/mol. The summed E-state index contributed by atoms with van der Waals surface area (Å²) in [6.07, 6.45) is 0. The van der Waals surface area contributed by atoms with E-state index in [0.29, 0.717) is 22.7 Å². The molecule has 21 heavy (non-hydrogen) atoms. The maximum Gasteiger partial charge on any atom is 0.265 e. The molecule has 0 unspecified atom stereocenters. The highest BCUT2D eigenvalue weighted by Gasteiger charge is 2.22. The van der Waals surface area contributed by atoms with Crippen LogP contribution in [0.25, 0.3) is 0 Å². The van der Waals surface area contributed by atoms with Crippen LogP contribution in [0, 0.1) is 11.6 Å². The lowest BCUT2D eigenvalue weighted by atomic mass is 10.2. The van der Waals surface area contributed by atoms with Gasteiger partial charge in [-0.2, -0.15) is 0 Å². The highest BCUT2D eigenvalue weighted by atomic mass is 35.7. The first-order valence-corrected chi connectivity index (χ1v) is 8.27. The molecule has 8 heteroatoms. The Morgan fingerprint density at radius 1 is 1.14 bits per heavy atom. The third-order valence-corrected chi connectivity index (χ3v) is 4.07. The lowest BCUT2D eigenvalue weighted by Gasteiger charge is -2.11. The number of hydrogen-bond donors (Lipinski definition) is 0. The van der Waals surface area contributed by atoms with Crippen LogP contribution < -0.4 is 4.74 Å². The average Bonchev–Trinajstić information content (AvgIpc) is 2.36. The molecule has 0 N–H and O–H groups in total. The van der Waals surface area contributed by atoms with E-state index in [1.807, 2.05) is 0 Å². The molecular formula is C13H8Cl2F2O3S. The molecular weight excluding hydrogens is 345 g/mol. The normalized spacial score (nSPS) is 11.4. The van der Waals surface area contributed by atoms with Crippen LogP contribution in [0.15, 0.2) is 41.3 Å². The maximum atomic E-state index is 13.7. The van der Waals surface area contributed by atoms with E-state index in [0.717, 1.165) is 0 Å². The summed E-state index contributed by atoms with van der Waals surface area (Å²) in [7, 11) is 0.803. The number of ether oxygens (including phenoxy) is 1. The Morgan fingerprint density at radius 2 is 1.86 bits per heavy atom. The molecule has 2 rings (SSSR count). The molecule has 0 aliphatic carbocycles. The predicted octanol–water partition coefficient (Wildman–Crippen LogP) is 4.12. The Morgan fingerprint density at radius 3 is 2.48 bits per heavy atom. The van der Waals surface area contributed by atoms with E-state index >= 15 is 0 Å². The van der Waals surface area contributed by atoms with Crippen molar-refractivity contribution in [1.82, 2.24) is 0 Å². The van der Waals surface area contributed by atoms with Crippen LogP contribution in [0.2, 0.25) is 5.02 Å². The fraction of sp³-hybridized carbons (Fsp3) is 0.0769. The van der Waals surface area contributed by atoms with Gasteiger partial charge in [-0.25, -0.2) is 17.2 Å². The topological polar surface area (TPSA) is 43.4 Å². The zero-order chi connectivity index (χ0) is 15.6. The van der Waals surface area contributed by atoms with Crippen LogP contribution in [-0.4, -0.2) is 8.42 Å². The van der Waals surface area contributed by atoms with Gasteiger partial charge in [0.2, 0.25) is 0 Å². The molecule has 0 amide bonds. The van der Waals surface area contributed by atoms with Gasteiger partial charge in [-0.3, -0.25) is 0 Å². The van der Waals surface area contributed by atoms with Crippen LogP contribution >= 0.6 is 22.3 Å². The molecule has 3 nitrogen and oxygen atoms in total. The molecule has 0 atom stereocenters. The quantitative estimate of drug-likeness (QED) is 0.777. The molecule has 0 radical (unpaired) electrons. The summed E-state index contributed by atoms with van der Waals surface area (Å²) in [6.45, 7) is -0.150. The van der Waals surface area contributed by atoms with Crippen molar-refractivity contribution in [3.63, 3.8) is 0 Å². The zero-order valence-corrected chi connectivity index (χ0v) is 12.6. The maximum absolute atomic E-state index is 13.7. The molecule has 0 spiro atoms. The summed E-state index contributed by atoms with van der Waals surface area (Å²) >= 11 is 5.79. The summed E-state index contributed by atoms with van der Waals surface area (Å²) in [5.41, 5.74) is 0.587. The van der Waals surface area contributed by atoms with E-state index in [2.05, 4.69) is 0 Å². The summed E-state index contributed by atoms with van der Waals surface area (Å²) in [4.78, 5) is -0.760. The van der Waals surface area contributed by atoms with Gasteiger partial charge in [0.15, 0.2) is 11.6 Å². The van der Waals surface area contributed by atoms with E-state index < -0.39 is 31.3 Å². The summed E-state index contributed by atoms with van der Waals surface area (Å²) in [5.74, 6) is -2.86. The van der Waals surface area contributed by atoms with Crippen molar-refractivity contribution in [2.75, 3.05) is 0 Å². The first kappa shape index (κ1) is 16.0. The van der Waals surface area contributed by atoms with Crippen molar-refractivity contribution >= 4 is 31.3 Å². The van der Waals surface area contributed by atoms with Gasteiger partial charge < -0.3 is 4.74 Å². The van der Waals surface area contributed by atoms with E-state index in [4.69, 9.17) is 27.0 Å². The van der Waals surface area contributed by atoms with Crippen molar-refractivity contribution in [2.24, 2.45) is 0 Å². The van der Waals surface area contributed by atoms with Gasteiger partial charge in [0, 0.05) is 21.8 Å². The van der Waals surface area contributed by atoms with E-state index in [-0.39, 0.29) is 6.61 Å². The van der Waals surface area contributed by atoms with Crippen LogP contribution in [0.1, 0.15) is 5.56 Å². The number of hydrogen-bond acceptors (Lipinski definition) is 3. The molecule has 0 aliphatic rings. The Bertz CT molecular complexity index is 779. The van der Waals surface area contributed by atoms with Gasteiger partial charge in [-0.05, 0) is 23.8 Å². The lowest BCUT2D eigenvalue weighted by Crippen LogP contribution is -2.04. The molecule has 112 valence electrons. The van der Waals surface area contributed by atoms with Gasteiger partial charge in [-0.15, -0.1) is 0 Å². The van der Waals surface area contributed by atoms with Gasteiger partial charge >= 0.3 is 0 Å². The van der Waals surface area contributed by atoms with E-state index in [1.54, 1.807) is 24.3 Å². The smallest absolute Gasteiger partial charge is 0.265 e. The van der Waals surface area contributed by atoms with Gasteiger partial charge in [-0.1, -0.05) is 23.7 Å². The summed E-state index contributed by atoms with van der Waals surface area (Å²) in [6, 6.07) is 7.62. The minimum Gasteiger partial charge on any atom is -0.484 e. The van der Waals surface area contributed by atoms with E-state index in [1.165, 1.54) is 0 Å². The van der Waals surface area contributed by atoms with Gasteiger partial charge in [0.05, 0.1) is 0 Å². The fourth-order valence-electron chi connectivity index (χ4n) is 1.64. The van der Waals surface area contributed by atoms with E-state index in [9.17, 15) is 17.2 Å². The Balaban J connectivity index is 2.36. The number of benzene rings is 2. The van der Waals surface area contributed by atoms with Crippen molar-refractivity contribution in [3.8, 4) is 5.75 Å². The molecule has 0 aromatic heterocycles. The van der Waals surface area contributed by atoms with Crippen LogP contribution in [0.3, 0.4) is 0 Å². The van der Waals surface area contributed by atoms with Crippen molar-refractivity contribution in [2.45, 2.75) is 11.5 Å². The third kappa shape index (κ3) is 4.06. The molecule has 0 aliphatic heterocycles. The molecule has 0 saturated carbocycles. The van der Waals surface area contributed by atoms with Crippen molar-refractivity contribution < 1.29 is 21.9 Å². The van der Waals surface area contributed by atoms with Crippen molar-refractivity contribution in [3.05, 3.63) is 58.6 Å². The molecule has 2 aromatic carbocycles. The molecule has 2 aromatic rings. The van der Waals surface area contributed by atoms with Crippen LogP contribution in [-0.2, 0) is 15.7 Å². The minimum atomic E-state index is -4.35. The second kappa shape index (κ2) is 6.17. The highest BCUT2D eigenvalue weighted by Crippen LogP contribution is 2.31. The Labute approximate surface area is 129 Å². The zero-order valence-electron chi connectivity index (χ0n) is 10.3. The second-order valence-electron chi connectivity index (χ2n) is 4.07. The number of halogens is 4. The van der Waals surface area contributed by atoms with Crippen molar-refractivity contribution in [1.29, 1.82) is 0 Å². The third-order valence-electron chi connectivity index (χ3n) is 2.51. The van der Waals surface area contributed by atoms with Crippen LogP contribution in [0.4, 0.5) is 8.78 Å². The minimum absolute atomic E-state index is 0.150. The standard InChI is InChI=1S/C13H8Cl2F2O3S/c14-9-3-1-2-8(4-9)7-20-13-11(17)5-10(16)6-12(13)21(15,18)19/h1-6H,7H2. The highest BCUT2D eigenvalue weighted by molar-refractivity contribution is 8.13. The SMILES string of the molecule is O=S(=O)(Cl)c1cc(F)cc(F)c1OCc1cccc(Cl)c1. The second-order valence-corrected chi connectivity index (χ2v) is 7.04. The lowest BCUT2D eigenvalue weighted by molar-refractivity contribution is 0.280. The summed E-state index contributed by atoms with van der Waals surface area (Å²) in [5, 5.41) is 0.445. The van der Waals surface area contributed by atoms with Gasteiger partial charge in [0.25, 0.3) is 9.05 Å². The molecule has 0 heterocycles. The summed E-state index contributed by atoms with van der Waals surface area (Å²) < 4.78 is 54.7. The predicted molar refractivity (Wildman–Crippen MR) is 75.2 cm³/mol. The first-order valence-electron chi connectivity index (χ1n) is 5.58. The fourth-order valence-corrected chi connectivity index (χ4v) is 2.83. The Hall–Kier alpha value is -1.37.